The van der Waals surface area contributed by atoms with Gasteiger partial charge in [-0.2, -0.15) is 18.3 Å². The summed E-state index contributed by atoms with van der Waals surface area (Å²) < 4.78 is 80.6. The number of thiophene rings is 1. The molecule has 14 heteroatoms. The minimum absolute atomic E-state index is 0.146. The summed E-state index contributed by atoms with van der Waals surface area (Å²) in [5.41, 5.74) is 0.953. The quantitative estimate of drug-likeness (QED) is 0.209. The third-order valence-electron chi connectivity index (χ3n) is 5.76. The largest absolute Gasteiger partial charge is 0.433 e. The molecule has 0 saturated heterocycles. The maximum atomic E-state index is 13.4. The van der Waals surface area contributed by atoms with Crippen LogP contribution in [0.25, 0.3) is 10.6 Å². The Hall–Kier alpha value is -3.65. The Balaban J connectivity index is 1.42. The zero-order chi connectivity index (χ0) is 28.4. The van der Waals surface area contributed by atoms with Crippen LogP contribution in [0.2, 0.25) is 0 Å². The molecule has 0 saturated carbocycles. The number of hydrogen-bond acceptors (Lipinski definition) is 7. The number of amides is 1. The van der Waals surface area contributed by atoms with E-state index in [1.165, 1.54) is 18.2 Å². The molecule has 3 aromatic heterocycles. The highest BCUT2D eigenvalue weighted by atomic mass is 32.2. The highest BCUT2D eigenvalue weighted by Crippen LogP contribution is 2.32. The minimum atomic E-state index is -4.87. The fraction of sp³-hybridized carbons (Fsp3) is 0.280. The smallest absolute Gasteiger partial charge is 0.323 e. The van der Waals surface area contributed by atoms with Gasteiger partial charge < -0.3 is 5.32 Å². The molecule has 0 spiro atoms. The van der Waals surface area contributed by atoms with Crippen molar-refractivity contribution in [2.45, 2.75) is 44.6 Å². The summed E-state index contributed by atoms with van der Waals surface area (Å²) in [6, 6.07) is 9.78. The van der Waals surface area contributed by atoms with Gasteiger partial charge in [-0.05, 0) is 55.5 Å². The van der Waals surface area contributed by atoms with Crippen LogP contribution < -0.4 is 5.32 Å². The van der Waals surface area contributed by atoms with Gasteiger partial charge in [-0.3, -0.25) is 9.48 Å². The summed E-state index contributed by atoms with van der Waals surface area (Å²) in [5.74, 6) is -1.46. The maximum absolute atomic E-state index is 13.4. The Morgan fingerprint density at radius 2 is 1.82 bits per heavy atom. The molecule has 4 rings (SSSR count). The Bertz CT molecular complexity index is 1580. The van der Waals surface area contributed by atoms with Crippen molar-refractivity contribution in [2.75, 3.05) is 11.1 Å². The molecule has 0 unspecified atom stereocenters. The number of halogens is 4. The molecule has 0 fully saturated rings. The van der Waals surface area contributed by atoms with Gasteiger partial charge in [0.25, 0.3) is 0 Å². The first-order chi connectivity index (χ1) is 18.3. The van der Waals surface area contributed by atoms with Crippen molar-refractivity contribution in [2.24, 2.45) is 0 Å². The highest BCUT2D eigenvalue weighted by molar-refractivity contribution is 7.91. The molecule has 0 aliphatic carbocycles. The Morgan fingerprint density at radius 3 is 2.46 bits per heavy atom. The molecule has 0 bridgehead atoms. The fourth-order valence-corrected chi connectivity index (χ4v) is 5.64. The van der Waals surface area contributed by atoms with E-state index in [9.17, 15) is 30.8 Å². The van der Waals surface area contributed by atoms with E-state index in [4.69, 9.17) is 0 Å². The fourth-order valence-electron chi connectivity index (χ4n) is 3.77. The lowest BCUT2D eigenvalue weighted by molar-refractivity contribution is -0.141. The Morgan fingerprint density at radius 1 is 1.10 bits per heavy atom. The van der Waals surface area contributed by atoms with Gasteiger partial charge in [0.2, 0.25) is 20.9 Å². The topological polar surface area (TPSA) is 107 Å². The minimum Gasteiger partial charge on any atom is -0.323 e. The number of nitrogens with one attached hydrogen (secondary N) is 1. The van der Waals surface area contributed by atoms with Gasteiger partial charge in [-0.25, -0.2) is 22.8 Å². The number of alkyl halides is 3. The summed E-state index contributed by atoms with van der Waals surface area (Å²) in [7, 11) is -4.32. The molecule has 8 nitrogen and oxygen atoms in total. The molecule has 0 aliphatic rings. The van der Waals surface area contributed by atoms with Gasteiger partial charge in [-0.15, -0.1) is 11.3 Å². The second-order valence-electron chi connectivity index (χ2n) is 8.70. The van der Waals surface area contributed by atoms with Crippen molar-refractivity contribution in [3.05, 3.63) is 76.3 Å². The Kier molecular flexibility index (Phi) is 8.16. The van der Waals surface area contributed by atoms with Crippen molar-refractivity contribution in [1.82, 2.24) is 19.7 Å². The summed E-state index contributed by atoms with van der Waals surface area (Å²) in [6.45, 7) is 3.80. The van der Waals surface area contributed by atoms with Crippen LogP contribution in [0.4, 0.5) is 23.2 Å². The first-order valence-electron chi connectivity index (χ1n) is 11.6. The molecule has 1 aromatic carbocycles. The van der Waals surface area contributed by atoms with Crippen LogP contribution in [0.1, 0.15) is 35.5 Å². The number of aromatic nitrogens is 4. The van der Waals surface area contributed by atoms with Gasteiger partial charge in [0.15, 0.2) is 0 Å². The number of carbonyl (C=O) groups excluding carboxylic acids is 1. The third-order valence-corrected chi connectivity index (χ3v) is 8.21. The number of carbonyl (C=O) groups is 1. The van der Waals surface area contributed by atoms with Gasteiger partial charge in [0.05, 0.1) is 39.9 Å². The molecule has 206 valence electrons. The van der Waals surface area contributed by atoms with Crippen LogP contribution in [-0.4, -0.2) is 39.8 Å². The second-order valence-corrected chi connectivity index (χ2v) is 11.6. The van der Waals surface area contributed by atoms with E-state index in [1.807, 2.05) is 0 Å². The second kappa shape index (κ2) is 11.2. The molecule has 4 aromatic rings. The van der Waals surface area contributed by atoms with E-state index in [-0.39, 0.29) is 24.4 Å². The summed E-state index contributed by atoms with van der Waals surface area (Å²) in [4.78, 5) is 20.1. The van der Waals surface area contributed by atoms with Crippen LogP contribution in [0.3, 0.4) is 0 Å². The van der Waals surface area contributed by atoms with Gasteiger partial charge in [-0.1, -0.05) is 18.2 Å². The monoisotopic (exact) mass is 581 g/mol. The first kappa shape index (κ1) is 28.4. The molecule has 39 heavy (non-hydrogen) atoms. The van der Waals surface area contributed by atoms with Gasteiger partial charge >= 0.3 is 6.18 Å². The standard InChI is InChI=1S/C25H23F4N5O3S2/c1-15-23(16(2)34(33-15)14-17-7-9-18(26)10-8-17)32-22(35)6-4-12-39(36,37)24-30-19(20-5-3-11-38-20)13-21(31-24)25(27,28)29/h3,5,7-11,13H,4,6,12,14H2,1-2H3,(H,32,35). The van der Waals surface area contributed by atoms with Crippen molar-refractivity contribution < 1.29 is 30.8 Å². The predicted octanol–water partition coefficient (Wildman–Crippen LogP) is 5.42. The molecule has 1 N–H and O–H groups in total. The average Bonchev–Trinajstić information content (AvgIpc) is 3.50. The molecule has 0 aliphatic heterocycles. The molecular formula is C25H23F4N5O3S2. The number of benzene rings is 1. The summed E-state index contributed by atoms with van der Waals surface area (Å²) in [5, 5.41) is 7.82. The van der Waals surface area contributed by atoms with E-state index in [2.05, 4.69) is 20.4 Å². The summed E-state index contributed by atoms with van der Waals surface area (Å²) >= 11 is 1.11. The van der Waals surface area contributed by atoms with E-state index in [0.29, 0.717) is 34.6 Å². The normalized spacial score (nSPS) is 12.1. The maximum Gasteiger partial charge on any atom is 0.433 e. The Labute approximate surface area is 225 Å². The van der Waals surface area contributed by atoms with Crippen LogP contribution in [0, 0.1) is 19.7 Å². The van der Waals surface area contributed by atoms with Crippen LogP contribution in [0.5, 0.6) is 0 Å². The number of sulfone groups is 1. The van der Waals surface area contributed by atoms with E-state index >= 15 is 0 Å². The van der Waals surface area contributed by atoms with Crippen LogP contribution in [-0.2, 0) is 27.4 Å². The summed E-state index contributed by atoms with van der Waals surface area (Å²) in [6.07, 6.45) is -5.24. The highest BCUT2D eigenvalue weighted by Gasteiger charge is 2.35. The van der Waals surface area contributed by atoms with E-state index in [1.54, 1.807) is 42.1 Å². The van der Waals surface area contributed by atoms with Crippen molar-refractivity contribution in [3.8, 4) is 10.6 Å². The lowest BCUT2D eigenvalue weighted by Crippen LogP contribution is -2.18. The average molecular weight is 582 g/mol. The predicted molar refractivity (Wildman–Crippen MR) is 137 cm³/mol. The third kappa shape index (κ3) is 6.87. The molecule has 1 amide bonds. The number of rotatable bonds is 9. The first-order valence-corrected chi connectivity index (χ1v) is 14.2. The molecular weight excluding hydrogens is 558 g/mol. The van der Waals surface area contributed by atoms with Gasteiger partial charge in [0.1, 0.15) is 11.5 Å². The number of hydrogen-bond donors (Lipinski definition) is 1. The molecule has 0 atom stereocenters. The number of aryl methyl sites for hydroxylation is 1. The number of anilines is 1. The van der Waals surface area contributed by atoms with Crippen LogP contribution in [0.15, 0.2) is 53.0 Å². The lowest BCUT2D eigenvalue weighted by Gasteiger charge is -2.10. The van der Waals surface area contributed by atoms with E-state index < -0.39 is 38.5 Å². The van der Waals surface area contributed by atoms with Crippen molar-refractivity contribution in [1.29, 1.82) is 0 Å². The molecule has 0 radical (unpaired) electrons. The van der Waals surface area contributed by atoms with Crippen LogP contribution >= 0.6 is 11.3 Å². The number of nitrogens with zero attached hydrogens (tertiary/aromatic N) is 4. The van der Waals surface area contributed by atoms with Gasteiger partial charge in [0, 0.05) is 6.42 Å². The zero-order valence-electron chi connectivity index (χ0n) is 20.8. The molecule has 3 heterocycles. The lowest BCUT2D eigenvalue weighted by atomic mass is 10.2. The zero-order valence-corrected chi connectivity index (χ0v) is 22.4. The van der Waals surface area contributed by atoms with Crippen molar-refractivity contribution in [3.63, 3.8) is 0 Å². The van der Waals surface area contributed by atoms with Crippen molar-refractivity contribution >= 4 is 32.8 Å². The van der Waals surface area contributed by atoms with E-state index in [0.717, 1.165) is 16.9 Å². The SMILES string of the molecule is Cc1nn(Cc2ccc(F)cc2)c(C)c1NC(=O)CCCS(=O)(=O)c1nc(-c2cccs2)cc(C(F)(F)F)n1.